The average Bonchev–Trinajstić information content (AvgIpc) is 3.32. The number of likely N-dealkylation sites (tertiary alicyclic amines) is 1. The number of carbonyl (C=O) groups excluding carboxylic acids is 1. The molecule has 1 aliphatic rings. The number of aromatic nitrogens is 3. The zero-order chi connectivity index (χ0) is 31.0. The van der Waals surface area contributed by atoms with E-state index in [1.54, 1.807) is 6.92 Å². The van der Waals surface area contributed by atoms with Gasteiger partial charge in [0.05, 0.1) is 29.2 Å². The molecule has 17 heteroatoms. The van der Waals surface area contributed by atoms with Gasteiger partial charge in [0.25, 0.3) is 0 Å². The number of alkyl halides is 3. The van der Waals surface area contributed by atoms with Crippen LogP contribution in [0.15, 0.2) is 46.3 Å². The van der Waals surface area contributed by atoms with Crippen LogP contribution >= 0.6 is 0 Å². The second kappa shape index (κ2) is 11.7. The molecule has 42 heavy (non-hydrogen) atoms. The molecule has 1 amide bonds. The maximum atomic E-state index is 14.6. The van der Waals surface area contributed by atoms with Crippen molar-refractivity contribution in [1.29, 1.82) is 0 Å². The number of benzene rings is 2. The largest absolute Gasteiger partial charge is 0.416 e. The highest BCUT2D eigenvalue weighted by molar-refractivity contribution is 7.92. The summed E-state index contributed by atoms with van der Waals surface area (Å²) in [5.41, 5.74) is 0.512. The van der Waals surface area contributed by atoms with Gasteiger partial charge in [-0.05, 0) is 61.6 Å². The van der Waals surface area contributed by atoms with Crippen LogP contribution in [-0.2, 0) is 43.8 Å². The molecule has 2 N–H and O–H groups in total. The number of halogens is 5. The van der Waals surface area contributed by atoms with Crippen molar-refractivity contribution >= 4 is 25.8 Å². The number of amides is 1. The van der Waals surface area contributed by atoms with Gasteiger partial charge in [0.15, 0.2) is 21.5 Å². The number of aryl methyl sites for hydroxylation is 2. The molecule has 0 unspecified atom stereocenters. The second-order valence-corrected chi connectivity index (χ2v) is 13.6. The summed E-state index contributed by atoms with van der Waals surface area (Å²) in [6, 6.07) is 4.45. The molecular weight excluding hydrogens is 609 g/mol. The van der Waals surface area contributed by atoms with Crippen molar-refractivity contribution in [3.63, 3.8) is 0 Å². The molecule has 0 aliphatic carbocycles. The molecule has 1 fully saturated rings. The Morgan fingerprint density at radius 3 is 2.19 bits per heavy atom. The molecule has 1 aromatic heterocycles. The first-order valence-electron chi connectivity index (χ1n) is 12.6. The lowest BCUT2D eigenvalue weighted by atomic mass is 9.99. The summed E-state index contributed by atoms with van der Waals surface area (Å²) in [5, 5.41) is 11.8. The fourth-order valence-electron chi connectivity index (χ4n) is 4.75. The predicted molar refractivity (Wildman–Crippen MR) is 138 cm³/mol. The van der Waals surface area contributed by atoms with Crippen LogP contribution in [0.3, 0.4) is 0 Å². The van der Waals surface area contributed by atoms with E-state index in [4.69, 9.17) is 5.14 Å². The van der Waals surface area contributed by atoms with E-state index in [1.807, 2.05) is 0 Å². The van der Waals surface area contributed by atoms with Gasteiger partial charge in [0, 0.05) is 19.5 Å². The maximum Gasteiger partial charge on any atom is 0.416 e. The SMILES string of the molecule is Cc1cnn(Cc2cc(C(F)(F)F)ccc2CCC(=O)N2CCC(S(=O)(=O)c3ccc(S(N)(=O)=O)c(F)c3F)CC2)n1. The highest BCUT2D eigenvalue weighted by atomic mass is 32.2. The minimum atomic E-state index is -4.62. The number of nitrogens with two attached hydrogens (primary N) is 1. The zero-order valence-corrected chi connectivity index (χ0v) is 23.7. The Hall–Kier alpha value is -3.44. The standard InChI is InChI=1S/C25H26F5N5O5S2/c1-15-13-32-35(33-15)14-17-12-18(25(28,29)30)4-2-16(17)3-7-22(36)34-10-8-19(9-11-34)41(37,38)20-5-6-21(42(31,39)40)24(27)23(20)26/h2,4-6,12-13,19H,3,7-11,14H2,1H3,(H2,31,39,40). The first-order valence-corrected chi connectivity index (χ1v) is 15.7. The van der Waals surface area contributed by atoms with Gasteiger partial charge >= 0.3 is 6.18 Å². The third-order valence-corrected chi connectivity index (χ3v) is 10.2. The molecule has 228 valence electrons. The molecule has 0 saturated carbocycles. The second-order valence-electron chi connectivity index (χ2n) is 9.86. The fourth-order valence-corrected chi connectivity index (χ4v) is 7.14. The summed E-state index contributed by atoms with van der Waals surface area (Å²) in [7, 11) is -9.05. The topological polar surface area (TPSA) is 145 Å². The van der Waals surface area contributed by atoms with Gasteiger partial charge in [-0.15, -0.1) is 0 Å². The van der Waals surface area contributed by atoms with Crippen LogP contribution < -0.4 is 5.14 Å². The molecule has 0 radical (unpaired) electrons. The number of nitrogens with zero attached hydrogens (tertiary/aromatic N) is 4. The number of piperidine rings is 1. The monoisotopic (exact) mass is 635 g/mol. The quantitative estimate of drug-likeness (QED) is 0.375. The number of hydrogen-bond acceptors (Lipinski definition) is 7. The van der Waals surface area contributed by atoms with Crippen LogP contribution in [-0.4, -0.2) is 61.0 Å². The van der Waals surface area contributed by atoms with Crippen LogP contribution in [0.5, 0.6) is 0 Å². The maximum absolute atomic E-state index is 14.6. The molecule has 1 aliphatic heterocycles. The van der Waals surface area contributed by atoms with Crippen molar-refractivity contribution in [2.75, 3.05) is 13.1 Å². The summed E-state index contributed by atoms with van der Waals surface area (Å²) in [6.07, 6.45) is -3.27. The number of sulfonamides is 1. The Balaban J connectivity index is 1.43. The summed E-state index contributed by atoms with van der Waals surface area (Å²) in [4.78, 5) is 13.4. The van der Waals surface area contributed by atoms with Crippen molar-refractivity contribution in [3.05, 3.63) is 70.5 Å². The Bertz CT molecular complexity index is 1720. The normalized spacial score (nSPS) is 15.3. The van der Waals surface area contributed by atoms with Crippen molar-refractivity contribution in [1.82, 2.24) is 19.9 Å². The zero-order valence-electron chi connectivity index (χ0n) is 22.1. The van der Waals surface area contributed by atoms with Crippen LogP contribution in [0, 0.1) is 18.6 Å². The van der Waals surface area contributed by atoms with Crippen LogP contribution in [0.1, 0.15) is 41.6 Å². The molecular formula is C25H26F5N5O5S2. The van der Waals surface area contributed by atoms with Crippen LogP contribution in [0.2, 0.25) is 0 Å². The molecule has 0 bridgehead atoms. The summed E-state index contributed by atoms with van der Waals surface area (Å²) >= 11 is 0. The molecule has 3 aromatic rings. The van der Waals surface area contributed by atoms with Crippen molar-refractivity contribution in [2.24, 2.45) is 5.14 Å². The Morgan fingerprint density at radius 2 is 1.62 bits per heavy atom. The lowest BCUT2D eigenvalue weighted by molar-refractivity contribution is -0.137. The van der Waals surface area contributed by atoms with E-state index in [0.29, 0.717) is 29.0 Å². The lowest BCUT2D eigenvalue weighted by Crippen LogP contribution is -2.42. The molecule has 0 atom stereocenters. The van der Waals surface area contributed by atoms with Crippen molar-refractivity contribution < 1.29 is 43.6 Å². The first-order chi connectivity index (χ1) is 19.5. The molecule has 4 rings (SSSR count). The highest BCUT2D eigenvalue weighted by Gasteiger charge is 2.36. The molecule has 2 aromatic carbocycles. The number of primary sulfonamides is 1. The van der Waals surface area contributed by atoms with E-state index in [1.165, 1.54) is 22.0 Å². The van der Waals surface area contributed by atoms with Gasteiger partial charge in [0.2, 0.25) is 15.9 Å². The van der Waals surface area contributed by atoms with E-state index < -0.39 is 58.3 Å². The Morgan fingerprint density at radius 1 is 1.00 bits per heavy atom. The fraction of sp³-hybridized carbons (Fsp3) is 0.400. The third-order valence-electron chi connectivity index (χ3n) is 6.96. The number of sulfone groups is 1. The van der Waals surface area contributed by atoms with E-state index >= 15 is 0 Å². The molecule has 10 nitrogen and oxygen atoms in total. The van der Waals surface area contributed by atoms with Gasteiger partial charge in [-0.25, -0.2) is 30.8 Å². The molecule has 2 heterocycles. The van der Waals surface area contributed by atoms with E-state index in [9.17, 15) is 43.6 Å². The van der Waals surface area contributed by atoms with E-state index in [0.717, 1.165) is 12.1 Å². The van der Waals surface area contributed by atoms with E-state index in [-0.39, 0.29) is 51.2 Å². The molecule has 1 saturated heterocycles. The predicted octanol–water partition coefficient (Wildman–Crippen LogP) is 2.98. The lowest BCUT2D eigenvalue weighted by Gasteiger charge is -2.32. The Kier molecular flexibility index (Phi) is 8.76. The summed E-state index contributed by atoms with van der Waals surface area (Å²) in [5.74, 6) is -4.11. The molecule has 0 spiro atoms. The summed E-state index contributed by atoms with van der Waals surface area (Å²) < 4.78 is 118. The third kappa shape index (κ3) is 6.78. The smallest absolute Gasteiger partial charge is 0.343 e. The van der Waals surface area contributed by atoms with Gasteiger partial charge in [-0.1, -0.05) is 6.07 Å². The van der Waals surface area contributed by atoms with Gasteiger partial charge in [0.1, 0.15) is 9.79 Å². The van der Waals surface area contributed by atoms with Gasteiger partial charge in [-0.2, -0.15) is 28.2 Å². The number of carbonyl (C=O) groups is 1. The van der Waals surface area contributed by atoms with Crippen molar-refractivity contribution in [2.45, 2.75) is 60.4 Å². The van der Waals surface area contributed by atoms with Gasteiger partial charge in [-0.3, -0.25) is 4.79 Å². The minimum absolute atomic E-state index is 0.0154. The van der Waals surface area contributed by atoms with Crippen molar-refractivity contribution in [3.8, 4) is 0 Å². The highest BCUT2D eigenvalue weighted by Crippen LogP contribution is 2.32. The number of hydrogen-bond donors (Lipinski definition) is 1. The first kappa shape index (κ1) is 31.5. The average molecular weight is 636 g/mol. The summed E-state index contributed by atoms with van der Waals surface area (Å²) in [6.45, 7) is 1.61. The minimum Gasteiger partial charge on any atom is -0.343 e. The van der Waals surface area contributed by atoms with E-state index in [2.05, 4.69) is 10.2 Å². The van der Waals surface area contributed by atoms with Crippen LogP contribution in [0.25, 0.3) is 0 Å². The number of rotatable bonds is 8. The van der Waals surface area contributed by atoms with Gasteiger partial charge < -0.3 is 4.90 Å². The Labute approximate surface area is 238 Å². The van der Waals surface area contributed by atoms with Crippen LogP contribution in [0.4, 0.5) is 22.0 Å².